The number of carbonyl (C=O) groups is 3. The number of carbonyl (C=O) groups excluding carboxylic acids is 3. The van der Waals surface area contributed by atoms with E-state index in [1.165, 1.54) is 0 Å². The quantitative estimate of drug-likeness (QED) is 0.124. The molecule has 55 heavy (non-hydrogen) atoms. The minimum absolute atomic E-state index is 0.0523. The molecular formula is C43H48N8O4. The average molecular weight is 741 g/mol. The first-order valence-corrected chi connectivity index (χ1v) is 19.1. The van der Waals surface area contributed by atoms with E-state index in [1.807, 2.05) is 128 Å². The molecule has 12 heteroatoms. The monoisotopic (exact) mass is 740 g/mol. The van der Waals surface area contributed by atoms with Crippen LogP contribution in [-0.4, -0.2) is 45.0 Å². The van der Waals surface area contributed by atoms with Crippen LogP contribution >= 0.6 is 0 Å². The molecule has 3 amide bonds. The van der Waals surface area contributed by atoms with Crippen LogP contribution in [0.15, 0.2) is 103 Å². The lowest BCUT2D eigenvalue weighted by Crippen LogP contribution is -2.44. The van der Waals surface area contributed by atoms with Crippen molar-refractivity contribution in [3.05, 3.63) is 126 Å². The summed E-state index contributed by atoms with van der Waals surface area (Å²) < 4.78 is 7.63. The first-order valence-electron chi connectivity index (χ1n) is 19.1. The van der Waals surface area contributed by atoms with Gasteiger partial charge in [-0.15, -0.1) is 5.10 Å². The molecule has 2 aliphatic heterocycles. The largest absolute Gasteiger partial charge is 0.441 e. The maximum Gasteiger partial charge on any atom is 0.412 e. The molecule has 7 rings (SSSR count). The Kier molecular flexibility index (Phi) is 11.2. The lowest BCUT2D eigenvalue weighted by molar-refractivity contribution is -0.119. The third-order valence-corrected chi connectivity index (χ3v) is 10.4. The third-order valence-electron chi connectivity index (χ3n) is 10.4. The number of benzene rings is 4. The molecule has 0 saturated carbocycles. The van der Waals surface area contributed by atoms with Crippen LogP contribution in [0, 0.1) is 0 Å². The van der Waals surface area contributed by atoms with Gasteiger partial charge in [-0.05, 0) is 79.9 Å². The molecule has 0 bridgehead atoms. The first kappa shape index (κ1) is 37.3. The zero-order valence-electron chi connectivity index (χ0n) is 31.7. The zero-order chi connectivity index (χ0) is 38.5. The van der Waals surface area contributed by atoms with Gasteiger partial charge in [-0.25, -0.2) is 9.48 Å². The molecule has 1 aromatic heterocycles. The van der Waals surface area contributed by atoms with Crippen LogP contribution in [0.3, 0.4) is 0 Å². The fourth-order valence-corrected chi connectivity index (χ4v) is 7.66. The zero-order valence-corrected chi connectivity index (χ0v) is 31.7. The predicted molar refractivity (Wildman–Crippen MR) is 214 cm³/mol. The SMILES string of the molecule is CCC(=O)N1c2ccccc2[C@H](Nc2ccc(-n3cc(CNCc4ccc(NC(=O)O[C@@H]5C[C@H](C)N(C(=O)CC)c6ccccc65)cc4)nn3)cc2)C[C@@H]1C. The van der Waals surface area contributed by atoms with Crippen LogP contribution in [0.4, 0.5) is 27.5 Å². The minimum Gasteiger partial charge on any atom is -0.441 e. The molecular weight excluding hydrogens is 693 g/mol. The highest BCUT2D eigenvalue weighted by atomic mass is 16.6. The number of anilines is 4. The topological polar surface area (TPSA) is 134 Å². The van der Waals surface area contributed by atoms with Gasteiger partial charge in [-0.3, -0.25) is 14.9 Å². The summed E-state index contributed by atoms with van der Waals surface area (Å²) >= 11 is 0. The molecule has 4 atom stereocenters. The Morgan fingerprint density at radius 1 is 0.727 bits per heavy atom. The summed E-state index contributed by atoms with van der Waals surface area (Å²) in [6, 6.07) is 31.6. The Balaban J connectivity index is 0.887. The number of rotatable bonds is 11. The molecule has 4 aromatic carbocycles. The number of hydrogen-bond donors (Lipinski definition) is 3. The van der Waals surface area contributed by atoms with Crippen molar-refractivity contribution in [2.45, 2.75) is 90.7 Å². The standard InChI is InChI=1S/C43H48N8O4/c1-5-41(52)50-28(3)23-37(35-11-7-9-13-38(35)50)45-31-19-21-34(22-20-31)49-27-33(47-48-49)26-44-25-30-15-17-32(18-16-30)46-43(54)55-40-24-29(4)51(42(53)6-2)39-14-10-8-12-36(39)40/h7-22,27-29,37,40,44-45H,5-6,23-26H2,1-4H3,(H,46,54)/t28-,29-,37+,40+/m0/s1. The Hall–Kier alpha value is -6.01. The highest BCUT2D eigenvalue weighted by molar-refractivity contribution is 5.96. The summed E-state index contributed by atoms with van der Waals surface area (Å²) in [5.74, 6) is 0.197. The normalized spacial score (nSPS) is 18.9. The summed E-state index contributed by atoms with van der Waals surface area (Å²) in [4.78, 5) is 42.0. The minimum atomic E-state index is -0.538. The van der Waals surface area contributed by atoms with Gasteiger partial charge >= 0.3 is 6.09 Å². The number of nitrogens with one attached hydrogen (secondary N) is 3. The van der Waals surface area contributed by atoms with E-state index < -0.39 is 12.2 Å². The number of para-hydroxylation sites is 2. The van der Waals surface area contributed by atoms with Gasteiger partial charge in [0.05, 0.1) is 29.3 Å². The molecule has 0 radical (unpaired) electrons. The van der Waals surface area contributed by atoms with Crippen molar-refractivity contribution < 1.29 is 19.1 Å². The van der Waals surface area contributed by atoms with Gasteiger partial charge < -0.3 is 25.2 Å². The molecule has 12 nitrogen and oxygen atoms in total. The maximum atomic E-state index is 12.9. The summed E-state index contributed by atoms with van der Waals surface area (Å²) in [6.45, 7) is 8.99. The van der Waals surface area contributed by atoms with Crippen LogP contribution in [0.25, 0.3) is 5.69 Å². The molecule has 0 unspecified atom stereocenters. The second-order valence-corrected chi connectivity index (χ2v) is 14.2. The molecule has 3 N–H and O–H groups in total. The van der Waals surface area contributed by atoms with Gasteiger partial charge in [0.15, 0.2) is 0 Å². The second-order valence-electron chi connectivity index (χ2n) is 14.2. The summed E-state index contributed by atoms with van der Waals surface area (Å²) in [6.07, 6.45) is 3.16. The second kappa shape index (κ2) is 16.6. The van der Waals surface area contributed by atoms with E-state index in [9.17, 15) is 14.4 Å². The Bertz CT molecular complexity index is 2130. The van der Waals surface area contributed by atoms with Crippen LogP contribution in [-0.2, 0) is 27.4 Å². The Labute approximate surface area is 321 Å². The van der Waals surface area contributed by atoms with Crippen LogP contribution < -0.4 is 25.8 Å². The van der Waals surface area contributed by atoms with Crippen molar-refractivity contribution >= 4 is 40.7 Å². The van der Waals surface area contributed by atoms with Crippen molar-refractivity contribution in [3.8, 4) is 5.69 Å². The van der Waals surface area contributed by atoms with E-state index in [-0.39, 0.29) is 29.9 Å². The van der Waals surface area contributed by atoms with E-state index in [2.05, 4.69) is 39.3 Å². The molecule has 0 spiro atoms. The Morgan fingerprint density at radius 3 is 2.00 bits per heavy atom. The molecule has 5 aromatic rings. The number of fused-ring (bicyclic) bond motifs is 2. The number of nitrogens with zero attached hydrogens (tertiary/aromatic N) is 5. The molecule has 3 heterocycles. The molecule has 0 saturated heterocycles. The van der Waals surface area contributed by atoms with Gasteiger partial charge in [-0.1, -0.05) is 67.6 Å². The lowest BCUT2D eigenvalue weighted by atomic mass is 9.91. The number of amides is 3. The van der Waals surface area contributed by atoms with E-state index >= 15 is 0 Å². The Morgan fingerprint density at radius 2 is 1.33 bits per heavy atom. The van der Waals surface area contributed by atoms with Gasteiger partial charge in [0.2, 0.25) is 11.8 Å². The van der Waals surface area contributed by atoms with E-state index in [4.69, 9.17) is 4.74 Å². The smallest absolute Gasteiger partial charge is 0.412 e. The van der Waals surface area contributed by atoms with E-state index in [0.717, 1.165) is 51.6 Å². The van der Waals surface area contributed by atoms with Gasteiger partial charge in [0.1, 0.15) is 6.10 Å². The maximum absolute atomic E-state index is 12.9. The fourth-order valence-electron chi connectivity index (χ4n) is 7.66. The van der Waals surface area contributed by atoms with Crippen LogP contribution in [0.1, 0.15) is 87.9 Å². The van der Waals surface area contributed by atoms with Crippen molar-refractivity contribution in [1.82, 2.24) is 20.3 Å². The van der Waals surface area contributed by atoms with Gasteiger partial charge in [-0.2, -0.15) is 0 Å². The molecule has 284 valence electrons. The average Bonchev–Trinajstić information content (AvgIpc) is 3.67. The number of ether oxygens (including phenoxy) is 1. The number of aromatic nitrogens is 3. The molecule has 2 aliphatic rings. The lowest BCUT2D eigenvalue weighted by Gasteiger charge is -2.40. The van der Waals surface area contributed by atoms with Crippen molar-refractivity contribution in [2.24, 2.45) is 0 Å². The van der Waals surface area contributed by atoms with Crippen LogP contribution in [0.2, 0.25) is 0 Å². The number of hydrogen-bond acceptors (Lipinski definition) is 8. The van der Waals surface area contributed by atoms with E-state index in [1.54, 1.807) is 4.68 Å². The highest BCUT2D eigenvalue weighted by Gasteiger charge is 2.35. The molecule has 0 aliphatic carbocycles. The third kappa shape index (κ3) is 8.24. The van der Waals surface area contributed by atoms with Crippen molar-refractivity contribution in [2.75, 3.05) is 20.4 Å². The summed E-state index contributed by atoms with van der Waals surface area (Å²) in [5.41, 5.74) is 8.12. The first-order chi connectivity index (χ1) is 26.7. The summed E-state index contributed by atoms with van der Waals surface area (Å²) in [7, 11) is 0. The van der Waals surface area contributed by atoms with E-state index in [0.29, 0.717) is 38.0 Å². The highest BCUT2D eigenvalue weighted by Crippen LogP contribution is 2.41. The van der Waals surface area contributed by atoms with Crippen LogP contribution in [0.5, 0.6) is 0 Å². The summed E-state index contributed by atoms with van der Waals surface area (Å²) in [5, 5.41) is 18.6. The van der Waals surface area contributed by atoms with Crippen molar-refractivity contribution in [1.29, 1.82) is 0 Å². The van der Waals surface area contributed by atoms with Gasteiger partial charge in [0.25, 0.3) is 0 Å². The molecule has 0 fully saturated rings. The van der Waals surface area contributed by atoms with Crippen molar-refractivity contribution in [3.63, 3.8) is 0 Å². The predicted octanol–water partition coefficient (Wildman–Crippen LogP) is 8.07. The van der Waals surface area contributed by atoms with Gasteiger partial charge in [0, 0.05) is 67.1 Å². The fraction of sp³-hybridized carbons (Fsp3) is 0.326.